The van der Waals surface area contributed by atoms with Crippen molar-refractivity contribution in [3.05, 3.63) is 71.7 Å². The van der Waals surface area contributed by atoms with Crippen LogP contribution in [0.15, 0.2) is 54.6 Å². The predicted octanol–water partition coefficient (Wildman–Crippen LogP) is 4.75. The molecule has 4 rings (SSSR count). The van der Waals surface area contributed by atoms with Crippen LogP contribution < -0.4 is 10.1 Å². The quantitative estimate of drug-likeness (QED) is 0.688. The van der Waals surface area contributed by atoms with Gasteiger partial charge in [-0.1, -0.05) is 30.3 Å². The second kappa shape index (κ2) is 6.35. The van der Waals surface area contributed by atoms with Gasteiger partial charge in [-0.3, -0.25) is 5.10 Å². The summed E-state index contributed by atoms with van der Waals surface area (Å²) in [5.74, 6) is 1.20. The summed E-state index contributed by atoms with van der Waals surface area (Å²) < 4.78 is 19.6. The maximum Gasteiger partial charge on any atom is 0.165 e. The molecule has 24 heavy (non-hydrogen) atoms. The fourth-order valence-electron chi connectivity index (χ4n) is 2.58. The third-order valence-corrected chi connectivity index (χ3v) is 4.06. The number of hydrogen-bond acceptors (Lipinski definition) is 3. The highest BCUT2D eigenvalue weighted by Crippen LogP contribution is 2.39. The van der Waals surface area contributed by atoms with E-state index in [9.17, 15) is 4.39 Å². The monoisotopic (exact) mass is 323 g/mol. The van der Waals surface area contributed by atoms with Crippen molar-refractivity contribution >= 4 is 11.5 Å². The largest absolute Gasteiger partial charge is 0.486 e. The number of anilines is 2. The van der Waals surface area contributed by atoms with Gasteiger partial charge in [0.05, 0.1) is 0 Å². The molecule has 0 spiro atoms. The zero-order valence-corrected chi connectivity index (χ0v) is 13.1. The first-order valence-electron chi connectivity index (χ1n) is 8.06. The molecule has 1 fully saturated rings. The van der Waals surface area contributed by atoms with Crippen LogP contribution in [0.2, 0.25) is 0 Å². The SMILES string of the molecule is Fc1ccc(Nc2cc(C3CC3)[nH]n2)cc1OCc1ccccc1. The van der Waals surface area contributed by atoms with Gasteiger partial charge in [0.2, 0.25) is 0 Å². The summed E-state index contributed by atoms with van der Waals surface area (Å²) in [4.78, 5) is 0. The fourth-order valence-corrected chi connectivity index (χ4v) is 2.58. The van der Waals surface area contributed by atoms with Gasteiger partial charge in [-0.15, -0.1) is 0 Å². The molecule has 1 heterocycles. The molecule has 0 radical (unpaired) electrons. The van der Waals surface area contributed by atoms with Crippen molar-refractivity contribution in [3.8, 4) is 5.75 Å². The summed E-state index contributed by atoms with van der Waals surface area (Å²) in [5, 5.41) is 10.5. The van der Waals surface area contributed by atoms with Crippen molar-refractivity contribution in [1.82, 2.24) is 10.2 Å². The lowest BCUT2D eigenvalue weighted by Gasteiger charge is -2.10. The Morgan fingerprint density at radius 1 is 1.12 bits per heavy atom. The molecule has 122 valence electrons. The first kappa shape index (κ1) is 14.8. The van der Waals surface area contributed by atoms with Gasteiger partial charge >= 0.3 is 0 Å². The lowest BCUT2D eigenvalue weighted by atomic mass is 10.2. The molecule has 4 nitrogen and oxygen atoms in total. The van der Waals surface area contributed by atoms with Gasteiger partial charge in [0.25, 0.3) is 0 Å². The molecule has 3 aromatic rings. The average molecular weight is 323 g/mol. The van der Waals surface area contributed by atoms with Gasteiger partial charge in [0.15, 0.2) is 17.4 Å². The number of benzene rings is 2. The van der Waals surface area contributed by atoms with Crippen molar-refractivity contribution in [2.75, 3.05) is 5.32 Å². The summed E-state index contributed by atoms with van der Waals surface area (Å²) >= 11 is 0. The number of aromatic amines is 1. The van der Waals surface area contributed by atoms with Crippen LogP contribution in [-0.2, 0) is 6.61 Å². The Kier molecular flexibility index (Phi) is 3.91. The number of aromatic nitrogens is 2. The number of nitrogens with zero attached hydrogens (tertiary/aromatic N) is 1. The average Bonchev–Trinajstić information content (AvgIpc) is 3.36. The highest BCUT2D eigenvalue weighted by atomic mass is 19.1. The third-order valence-electron chi connectivity index (χ3n) is 4.06. The number of H-pyrrole nitrogens is 1. The number of hydrogen-bond donors (Lipinski definition) is 2. The van der Waals surface area contributed by atoms with Crippen LogP contribution in [0, 0.1) is 5.82 Å². The molecule has 5 heteroatoms. The molecule has 1 aromatic heterocycles. The van der Waals surface area contributed by atoms with E-state index in [4.69, 9.17) is 4.74 Å². The smallest absolute Gasteiger partial charge is 0.165 e. The van der Waals surface area contributed by atoms with E-state index in [0.29, 0.717) is 12.5 Å². The van der Waals surface area contributed by atoms with Gasteiger partial charge in [-0.05, 0) is 30.5 Å². The van der Waals surface area contributed by atoms with E-state index in [0.717, 1.165) is 22.8 Å². The van der Waals surface area contributed by atoms with Gasteiger partial charge in [-0.25, -0.2) is 4.39 Å². The first-order valence-corrected chi connectivity index (χ1v) is 8.06. The van der Waals surface area contributed by atoms with E-state index in [1.807, 2.05) is 36.4 Å². The molecular formula is C19H18FN3O. The van der Waals surface area contributed by atoms with Gasteiger partial charge in [0, 0.05) is 29.4 Å². The van der Waals surface area contributed by atoms with Crippen LogP contribution >= 0.6 is 0 Å². The lowest BCUT2D eigenvalue weighted by Crippen LogP contribution is -1.98. The molecular weight excluding hydrogens is 305 g/mol. The zero-order valence-electron chi connectivity index (χ0n) is 13.1. The van der Waals surface area contributed by atoms with Crippen LogP contribution in [0.1, 0.15) is 30.0 Å². The van der Waals surface area contributed by atoms with E-state index >= 15 is 0 Å². The molecule has 0 atom stereocenters. The zero-order chi connectivity index (χ0) is 16.4. The van der Waals surface area contributed by atoms with Gasteiger partial charge < -0.3 is 10.1 Å². The van der Waals surface area contributed by atoms with E-state index in [1.54, 1.807) is 12.1 Å². The predicted molar refractivity (Wildman–Crippen MR) is 91.0 cm³/mol. The molecule has 0 aliphatic heterocycles. The van der Waals surface area contributed by atoms with Crippen LogP contribution in [0.25, 0.3) is 0 Å². The Morgan fingerprint density at radius 3 is 2.75 bits per heavy atom. The minimum absolute atomic E-state index is 0.224. The van der Waals surface area contributed by atoms with E-state index in [-0.39, 0.29) is 11.6 Å². The van der Waals surface area contributed by atoms with Crippen molar-refractivity contribution in [2.24, 2.45) is 0 Å². The molecule has 0 amide bonds. The second-order valence-corrected chi connectivity index (χ2v) is 6.03. The minimum Gasteiger partial charge on any atom is -0.486 e. The molecule has 0 bridgehead atoms. The molecule has 1 saturated carbocycles. The van der Waals surface area contributed by atoms with Gasteiger partial charge in [0.1, 0.15) is 6.61 Å². The number of rotatable bonds is 6. The summed E-state index contributed by atoms with van der Waals surface area (Å²) in [6.07, 6.45) is 2.44. The lowest BCUT2D eigenvalue weighted by molar-refractivity contribution is 0.290. The van der Waals surface area contributed by atoms with E-state index < -0.39 is 0 Å². The highest BCUT2D eigenvalue weighted by Gasteiger charge is 2.25. The summed E-state index contributed by atoms with van der Waals surface area (Å²) in [5.41, 5.74) is 2.89. The molecule has 2 aromatic carbocycles. The maximum absolute atomic E-state index is 14.0. The van der Waals surface area contributed by atoms with Crippen LogP contribution in [-0.4, -0.2) is 10.2 Å². The Bertz CT molecular complexity index is 828. The van der Waals surface area contributed by atoms with Crippen LogP contribution in [0.5, 0.6) is 5.75 Å². The number of halogens is 1. The van der Waals surface area contributed by atoms with Crippen LogP contribution in [0.3, 0.4) is 0 Å². The van der Waals surface area contributed by atoms with Crippen molar-refractivity contribution in [2.45, 2.75) is 25.4 Å². The standard InChI is InChI=1S/C19H18FN3O/c20-16-9-8-15(21-19-11-17(22-23-19)14-6-7-14)10-18(16)24-12-13-4-2-1-3-5-13/h1-5,8-11,14H,6-7,12H2,(H2,21,22,23). The Hall–Kier alpha value is -2.82. The van der Waals surface area contributed by atoms with Gasteiger partial charge in [-0.2, -0.15) is 5.10 Å². The number of ether oxygens (including phenoxy) is 1. The van der Waals surface area contributed by atoms with Crippen molar-refractivity contribution in [3.63, 3.8) is 0 Å². The molecule has 0 saturated heterocycles. The summed E-state index contributed by atoms with van der Waals surface area (Å²) in [6.45, 7) is 0.329. The topological polar surface area (TPSA) is 49.9 Å². The van der Waals surface area contributed by atoms with E-state index in [2.05, 4.69) is 15.5 Å². The minimum atomic E-state index is -0.378. The molecule has 1 aliphatic carbocycles. The van der Waals surface area contributed by atoms with E-state index in [1.165, 1.54) is 18.9 Å². The fraction of sp³-hybridized carbons (Fsp3) is 0.211. The summed E-state index contributed by atoms with van der Waals surface area (Å²) in [7, 11) is 0. The van der Waals surface area contributed by atoms with Crippen molar-refractivity contribution in [1.29, 1.82) is 0 Å². The highest BCUT2D eigenvalue weighted by molar-refractivity contribution is 5.58. The first-order chi connectivity index (χ1) is 11.8. The molecule has 1 aliphatic rings. The van der Waals surface area contributed by atoms with Crippen molar-refractivity contribution < 1.29 is 9.13 Å². The Balaban J connectivity index is 1.45. The second-order valence-electron chi connectivity index (χ2n) is 6.03. The third kappa shape index (κ3) is 3.40. The normalized spacial score (nSPS) is 13.7. The summed E-state index contributed by atoms with van der Waals surface area (Å²) in [6, 6.07) is 16.4. The van der Waals surface area contributed by atoms with Crippen LogP contribution in [0.4, 0.5) is 15.9 Å². The number of nitrogens with one attached hydrogen (secondary N) is 2. The molecule has 0 unspecified atom stereocenters. The maximum atomic E-state index is 14.0. The molecule has 2 N–H and O–H groups in total. The Morgan fingerprint density at radius 2 is 1.96 bits per heavy atom. The Labute approximate surface area is 139 Å².